The highest BCUT2D eigenvalue weighted by Gasteiger charge is 2.12. The summed E-state index contributed by atoms with van der Waals surface area (Å²) in [5.74, 6) is 0.159. The molecule has 3 aromatic rings. The van der Waals surface area contributed by atoms with Gasteiger partial charge in [-0.25, -0.2) is 4.98 Å². The standard InChI is InChI=1S/C20H21N3O/c21-20-22-18(16-12-5-2-6-13-16)17(19(24)23-20)14-8-7-11-15-9-3-1-4-10-15/h1-6,9-10,12-13H,7-8,11,14H2,(H3,21,22,23,24). The lowest BCUT2D eigenvalue weighted by atomic mass is 10.0. The van der Waals surface area contributed by atoms with Crippen LogP contribution < -0.4 is 11.3 Å². The molecule has 0 bridgehead atoms. The van der Waals surface area contributed by atoms with E-state index in [1.54, 1.807) is 0 Å². The second-order valence-corrected chi connectivity index (χ2v) is 5.84. The SMILES string of the molecule is Nc1nc(-c2ccccc2)c(CCCCc2ccccc2)c(=O)[nH]1. The topological polar surface area (TPSA) is 71.8 Å². The summed E-state index contributed by atoms with van der Waals surface area (Å²) in [5.41, 5.74) is 9.24. The fourth-order valence-corrected chi connectivity index (χ4v) is 2.86. The number of unbranched alkanes of at least 4 members (excludes halogenated alkanes) is 1. The average molecular weight is 319 g/mol. The van der Waals surface area contributed by atoms with Gasteiger partial charge in [-0.1, -0.05) is 60.7 Å². The molecule has 24 heavy (non-hydrogen) atoms. The maximum Gasteiger partial charge on any atom is 0.256 e. The Balaban J connectivity index is 1.74. The lowest BCUT2D eigenvalue weighted by Crippen LogP contribution is -2.18. The van der Waals surface area contributed by atoms with E-state index < -0.39 is 0 Å². The van der Waals surface area contributed by atoms with E-state index in [1.807, 2.05) is 36.4 Å². The maximum atomic E-state index is 12.3. The Morgan fingerprint density at radius 1 is 0.875 bits per heavy atom. The van der Waals surface area contributed by atoms with Gasteiger partial charge in [0.15, 0.2) is 0 Å². The third-order valence-corrected chi connectivity index (χ3v) is 4.07. The lowest BCUT2D eigenvalue weighted by molar-refractivity contribution is 0.728. The van der Waals surface area contributed by atoms with Gasteiger partial charge in [-0.3, -0.25) is 9.78 Å². The number of nitrogens with zero attached hydrogens (tertiary/aromatic N) is 1. The molecule has 0 unspecified atom stereocenters. The molecule has 0 amide bonds. The molecule has 1 heterocycles. The van der Waals surface area contributed by atoms with Crippen LogP contribution in [0.25, 0.3) is 11.3 Å². The monoisotopic (exact) mass is 319 g/mol. The number of anilines is 1. The largest absolute Gasteiger partial charge is 0.369 e. The zero-order valence-electron chi connectivity index (χ0n) is 13.5. The highest BCUT2D eigenvalue weighted by atomic mass is 16.1. The van der Waals surface area contributed by atoms with Crippen molar-refractivity contribution >= 4 is 5.95 Å². The number of H-pyrrole nitrogens is 1. The molecule has 122 valence electrons. The van der Waals surface area contributed by atoms with Gasteiger partial charge in [0.1, 0.15) is 0 Å². The van der Waals surface area contributed by atoms with Crippen molar-refractivity contribution in [3.05, 3.63) is 82.1 Å². The number of aryl methyl sites for hydroxylation is 1. The van der Waals surface area contributed by atoms with Crippen molar-refractivity contribution in [2.45, 2.75) is 25.7 Å². The molecule has 1 aromatic heterocycles. The van der Waals surface area contributed by atoms with Gasteiger partial charge in [-0.2, -0.15) is 0 Å². The number of nitrogens with two attached hydrogens (primary N) is 1. The Bertz CT molecular complexity index is 842. The zero-order chi connectivity index (χ0) is 16.8. The molecule has 3 rings (SSSR count). The molecule has 0 fully saturated rings. The van der Waals surface area contributed by atoms with E-state index in [0.29, 0.717) is 17.7 Å². The molecule has 4 heteroatoms. The number of hydrogen-bond acceptors (Lipinski definition) is 3. The molecule has 0 saturated carbocycles. The Labute approximate surface area is 141 Å². The molecule has 0 atom stereocenters. The van der Waals surface area contributed by atoms with Gasteiger partial charge < -0.3 is 5.73 Å². The molecule has 0 aliphatic heterocycles. The van der Waals surface area contributed by atoms with Crippen LogP contribution >= 0.6 is 0 Å². The number of rotatable bonds is 6. The van der Waals surface area contributed by atoms with Crippen LogP contribution in [0.5, 0.6) is 0 Å². The van der Waals surface area contributed by atoms with E-state index in [1.165, 1.54) is 5.56 Å². The van der Waals surface area contributed by atoms with Gasteiger partial charge in [-0.15, -0.1) is 0 Å². The van der Waals surface area contributed by atoms with Gasteiger partial charge in [0.05, 0.1) is 5.69 Å². The second kappa shape index (κ2) is 7.59. The number of nitrogens with one attached hydrogen (secondary N) is 1. The van der Waals surface area contributed by atoms with Crippen molar-refractivity contribution in [3.63, 3.8) is 0 Å². The van der Waals surface area contributed by atoms with E-state index in [-0.39, 0.29) is 11.5 Å². The average Bonchev–Trinajstić information content (AvgIpc) is 2.61. The predicted octanol–water partition coefficient (Wildman–Crippen LogP) is 3.58. The first-order valence-corrected chi connectivity index (χ1v) is 8.22. The Morgan fingerprint density at radius 2 is 1.50 bits per heavy atom. The molecular formula is C20H21N3O. The quantitative estimate of drug-likeness (QED) is 0.682. The van der Waals surface area contributed by atoms with Crippen molar-refractivity contribution in [2.75, 3.05) is 5.73 Å². The highest BCUT2D eigenvalue weighted by molar-refractivity contribution is 5.63. The fourth-order valence-electron chi connectivity index (χ4n) is 2.86. The van der Waals surface area contributed by atoms with Crippen molar-refractivity contribution in [3.8, 4) is 11.3 Å². The van der Waals surface area contributed by atoms with Gasteiger partial charge in [0.25, 0.3) is 5.56 Å². The summed E-state index contributed by atoms with van der Waals surface area (Å²) in [6, 6.07) is 20.1. The van der Waals surface area contributed by atoms with Crippen LogP contribution in [0.1, 0.15) is 24.0 Å². The molecule has 3 N–H and O–H groups in total. The molecular weight excluding hydrogens is 298 g/mol. The first kappa shape index (κ1) is 16.0. The number of nitrogen functional groups attached to an aromatic ring is 1. The number of benzene rings is 2. The van der Waals surface area contributed by atoms with E-state index >= 15 is 0 Å². The number of aromatic amines is 1. The van der Waals surface area contributed by atoms with E-state index in [2.05, 4.69) is 34.2 Å². The fraction of sp³-hybridized carbons (Fsp3) is 0.200. The normalized spacial score (nSPS) is 10.7. The van der Waals surface area contributed by atoms with Crippen molar-refractivity contribution in [2.24, 2.45) is 0 Å². The Kier molecular flexibility index (Phi) is 5.06. The summed E-state index contributed by atoms with van der Waals surface area (Å²) < 4.78 is 0. The lowest BCUT2D eigenvalue weighted by Gasteiger charge is -2.09. The second-order valence-electron chi connectivity index (χ2n) is 5.84. The summed E-state index contributed by atoms with van der Waals surface area (Å²) in [6.45, 7) is 0. The van der Waals surface area contributed by atoms with Crippen LogP contribution in [0.3, 0.4) is 0 Å². The zero-order valence-corrected chi connectivity index (χ0v) is 13.5. The van der Waals surface area contributed by atoms with Crippen LogP contribution in [-0.4, -0.2) is 9.97 Å². The van der Waals surface area contributed by atoms with Crippen molar-refractivity contribution in [1.29, 1.82) is 0 Å². The van der Waals surface area contributed by atoms with E-state index in [4.69, 9.17) is 5.73 Å². The molecule has 0 spiro atoms. The molecule has 0 saturated heterocycles. The number of aromatic nitrogens is 2. The highest BCUT2D eigenvalue weighted by Crippen LogP contribution is 2.21. The maximum absolute atomic E-state index is 12.3. The summed E-state index contributed by atoms with van der Waals surface area (Å²) >= 11 is 0. The number of hydrogen-bond donors (Lipinski definition) is 2. The van der Waals surface area contributed by atoms with Gasteiger partial charge >= 0.3 is 0 Å². The third kappa shape index (κ3) is 3.90. The van der Waals surface area contributed by atoms with Gasteiger partial charge in [0, 0.05) is 11.1 Å². The van der Waals surface area contributed by atoms with Crippen LogP contribution in [0.15, 0.2) is 65.5 Å². The summed E-state index contributed by atoms with van der Waals surface area (Å²) in [5, 5.41) is 0. The molecule has 2 aromatic carbocycles. The minimum absolute atomic E-state index is 0.138. The molecule has 4 nitrogen and oxygen atoms in total. The summed E-state index contributed by atoms with van der Waals surface area (Å²) in [4.78, 5) is 19.3. The van der Waals surface area contributed by atoms with Crippen molar-refractivity contribution < 1.29 is 0 Å². The Morgan fingerprint density at radius 3 is 2.21 bits per heavy atom. The van der Waals surface area contributed by atoms with Gasteiger partial charge in [-0.05, 0) is 31.2 Å². The predicted molar refractivity (Wildman–Crippen MR) is 97.8 cm³/mol. The van der Waals surface area contributed by atoms with Crippen LogP contribution in [-0.2, 0) is 12.8 Å². The molecule has 0 aliphatic carbocycles. The molecule has 0 aliphatic rings. The third-order valence-electron chi connectivity index (χ3n) is 4.07. The minimum Gasteiger partial charge on any atom is -0.369 e. The summed E-state index contributed by atoms with van der Waals surface area (Å²) in [7, 11) is 0. The summed E-state index contributed by atoms with van der Waals surface area (Å²) in [6.07, 6.45) is 3.67. The van der Waals surface area contributed by atoms with Crippen LogP contribution in [0, 0.1) is 0 Å². The molecule has 0 radical (unpaired) electrons. The Hall–Kier alpha value is -2.88. The van der Waals surface area contributed by atoms with Crippen LogP contribution in [0.2, 0.25) is 0 Å². The first-order chi connectivity index (χ1) is 11.7. The smallest absolute Gasteiger partial charge is 0.256 e. The van der Waals surface area contributed by atoms with Gasteiger partial charge in [0.2, 0.25) is 5.95 Å². The minimum atomic E-state index is -0.138. The van der Waals surface area contributed by atoms with E-state index in [9.17, 15) is 4.79 Å². The van der Waals surface area contributed by atoms with Crippen LogP contribution in [0.4, 0.5) is 5.95 Å². The van der Waals surface area contributed by atoms with Crippen molar-refractivity contribution in [1.82, 2.24) is 9.97 Å². The van der Waals surface area contributed by atoms with E-state index in [0.717, 1.165) is 24.8 Å². The first-order valence-electron chi connectivity index (χ1n) is 8.22.